The lowest BCUT2D eigenvalue weighted by molar-refractivity contribution is -0.196. The first kappa shape index (κ1) is 23.2. The average molecular weight is 437 g/mol. The predicted octanol–water partition coefficient (Wildman–Crippen LogP) is 5.04. The highest BCUT2D eigenvalue weighted by Gasteiger charge is 2.56. The first-order chi connectivity index (χ1) is 15.2. The van der Waals surface area contributed by atoms with Gasteiger partial charge in [0.1, 0.15) is 5.60 Å². The van der Waals surface area contributed by atoms with Crippen LogP contribution in [0.4, 0.5) is 0 Å². The number of ether oxygens (including phenoxy) is 5. The second-order valence-corrected chi connectivity index (χ2v) is 9.57. The van der Waals surface area contributed by atoms with Crippen LogP contribution in [0.1, 0.15) is 90.4 Å². The van der Waals surface area contributed by atoms with Crippen LogP contribution in [0.5, 0.6) is 0 Å². The van der Waals surface area contributed by atoms with E-state index in [4.69, 9.17) is 23.7 Å². The zero-order valence-electron chi connectivity index (χ0n) is 19.1. The maximum absolute atomic E-state index is 12.3. The summed E-state index contributed by atoms with van der Waals surface area (Å²) in [6.45, 7) is 3.76. The van der Waals surface area contributed by atoms with Crippen LogP contribution in [0.2, 0.25) is 0 Å². The molecule has 6 nitrogen and oxygen atoms in total. The van der Waals surface area contributed by atoms with Gasteiger partial charge in [-0.1, -0.05) is 32.3 Å². The molecule has 4 fully saturated rings. The SMILES string of the molecule is CCCCC[C@@H](C=C[C@@]12CC[C@@H](OC3CCCCO3)[C@H]1CC(=O)O2)OC1CCCCO1. The number of hydrogen-bond acceptors (Lipinski definition) is 6. The largest absolute Gasteiger partial charge is 0.454 e. The van der Waals surface area contributed by atoms with Crippen molar-refractivity contribution in [2.45, 2.75) is 121 Å². The van der Waals surface area contributed by atoms with Crippen molar-refractivity contribution in [3.05, 3.63) is 12.2 Å². The quantitative estimate of drug-likeness (QED) is 0.272. The van der Waals surface area contributed by atoms with Gasteiger partial charge in [-0.3, -0.25) is 4.79 Å². The van der Waals surface area contributed by atoms with E-state index in [1.165, 1.54) is 12.8 Å². The van der Waals surface area contributed by atoms with Crippen LogP contribution in [-0.4, -0.2) is 49.6 Å². The third kappa shape index (κ3) is 6.10. The molecule has 4 rings (SSSR count). The van der Waals surface area contributed by atoms with E-state index in [1.807, 2.05) is 0 Å². The van der Waals surface area contributed by atoms with E-state index in [1.54, 1.807) is 0 Å². The van der Waals surface area contributed by atoms with Crippen molar-refractivity contribution in [3.8, 4) is 0 Å². The highest BCUT2D eigenvalue weighted by Crippen LogP contribution is 2.49. The molecular weight excluding hydrogens is 396 g/mol. The van der Waals surface area contributed by atoms with Crippen LogP contribution in [0, 0.1) is 5.92 Å². The number of hydrogen-bond donors (Lipinski definition) is 0. The molecule has 0 aromatic carbocycles. The number of unbranched alkanes of at least 4 members (excludes halogenated alkanes) is 2. The highest BCUT2D eigenvalue weighted by molar-refractivity contribution is 5.74. The first-order valence-corrected chi connectivity index (χ1v) is 12.6. The molecule has 0 aromatic heterocycles. The van der Waals surface area contributed by atoms with Gasteiger partial charge in [0.2, 0.25) is 0 Å². The number of esters is 1. The smallest absolute Gasteiger partial charge is 0.307 e. The fraction of sp³-hybridized carbons (Fsp3) is 0.880. The molecule has 0 aromatic rings. The third-order valence-corrected chi connectivity index (χ3v) is 7.20. The van der Waals surface area contributed by atoms with Gasteiger partial charge in [-0.2, -0.15) is 0 Å². The zero-order valence-corrected chi connectivity index (χ0v) is 19.1. The van der Waals surface area contributed by atoms with Crippen LogP contribution in [-0.2, 0) is 28.5 Å². The van der Waals surface area contributed by atoms with Crippen molar-refractivity contribution in [1.29, 1.82) is 0 Å². The Morgan fingerprint density at radius 3 is 2.55 bits per heavy atom. The van der Waals surface area contributed by atoms with Crippen molar-refractivity contribution in [2.24, 2.45) is 5.92 Å². The normalized spacial score (nSPS) is 37.1. The van der Waals surface area contributed by atoms with Gasteiger partial charge >= 0.3 is 5.97 Å². The molecule has 2 unspecified atom stereocenters. The minimum absolute atomic E-state index is 0.00868. The van der Waals surface area contributed by atoms with E-state index in [-0.39, 0.29) is 36.7 Å². The van der Waals surface area contributed by atoms with E-state index >= 15 is 0 Å². The second kappa shape index (κ2) is 11.3. The van der Waals surface area contributed by atoms with Gasteiger partial charge in [0.25, 0.3) is 0 Å². The lowest BCUT2D eigenvalue weighted by atomic mass is 9.88. The van der Waals surface area contributed by atoms with Gasteiger partial charge in [-0.15, -0.1) is 0 Å². The number of fused-ring (bicyclic) bond motifs is 1. The molecule has 6 atom stereocenters. The number of carbonyl (C=O) groups excluding carboxylic acids is 1. The van der Waals surface area contributed by atoms with Crippen LogP contribution in [0.15, 0.2) is 12.2 Å². The molecule has 0 radical (unpaired) electrons. The number of carbonyl (C=O) groups is 1. The first-order valence-electron chi connectivity index (χ1n) is 12.6. The monoisotopic (exact) mass is 436 g/mol. The molecule has 0 amide bonds. The molecule has 3 saturated heterocycles. The van der Waals surface area contributed by atoms with E-state index in [9.17, 15) is 4.79 Å². The maximum atomic E-state index is 12.3. The van der Waals surface area contributed by atoms with E-state index in [0.29, 0.717) is 6.42 Å². The van der Waals surface area contributed by atoms with Gasteiger partial charge in [0, 0.05) is 19.1 Å². The Kier molecular flexibility index (Phi) is 8.43. The van der Waals surface area contributed by atoms with Crippen molar-refractivity contribution >= 4 is 5.97 Å². The van der Waals surface area contributed by atoms with Crippen LogP contribution in [0.3, 0.4) is 0 Å². The van der Waals surface area contributed by atoms with Gasteiger partial charge in [0.05, 0.1) is 18.6 Å². The molecule has 4 aliphatic rings. The molecule has 0 N–H and O–H groups in total. The standard InChI is InChI=1S/C25H40O6/c1-2-3-4-9-19(29-23-10-5-7-16-27-23)12-14-25-15-13-21(20(25)18-22(26)31-25)30-24-11-6-8-17-28-24/h12,14,19-21,23-24H,2-11,13,15-18H2,1H3/t19-,20+,21+,23?,24?,25+/m0/s1. The molecule has 0 spiro atoms. The summed E-state index contributed by atoms with van der Waals surface area (Å²) in [5, 5.41) is 0. The van der Waals surface area contributed by atoms with Crippen LogP contribution >= 0.6 is 0 Å². The Hall–Kier alpha value is -0.950. The summed E-state index contributed by atoms with van der Waals surface area (Å²) in [5.41, 5.74) is -0.559. The van der Waals surface area contributed by atoms with Crippen molar-refractivity contribution < 1.29 is 28.5 Å². The summed E-state index contributed by atoms with van der Waals surface area (Å²) < 4.78 is 30.2. The van der Waals surface area contributed by atoms with Crippen molar-refractivity contribution in [1.82, 2.24) is 0 Å². The fourth-order valence-corrected chi connectivity index (χ4v) is 5.44. The Bertz CT molecular complexity index is 595. The van der Waals surface area contributed by atoms with E-state index in [2.05, 4.69) is 19.1 Å². The molecule has 1 aliphatic carbocycles. The third-order valence-electron chi connectivity index (χ3n) is 7.20. The van der Waals surface area contributed by atoms with Crippen molar-refractivity contribution in [2.75, 3.05) is 13.2 Å². The second-order valence-electron chi connectivity index (χ2n) is 9.57. The predicted molar refractivity (Wildman–Crippen MR) is 116 cm³/mol. The zero-order chi connectivity index (χ0) is 21.5. The maximum Gasteiger partial charge on any atom is 0.307 e. The minimum Gasteiger partial charge on any atom is -0.454 e. The minimum atomic E-state index is -0.559. The molecule has 1 saturated carbocycles. The molecule has 3 heterocycles. The Balaban J connectivity index is 1.41. The molecular formula is C25H40O6. The van der Waals surface area contributed by atoms with Gasteiger partial charge in [-0.25, -0.2) is 0 Å². The average Bonchev–Trinajstić information content (AvgIpc) is 3.28. The topological polar surface area (TPSA) is 63.2 Å². The highest BCUT2D eigenvalue weighted by atomic mass is 16.7. The Morgan fingerprint density at radius 2 is 1.84 bits per heavy atom. The van der Waals surface area contributed by atoms with E-state index < -0.39 is 5.60 Å². The molecule has 0 bridgehead atoms. The molecule has 176 valence electrons. The Labute approximate surface area is 187 Å². The summed E-state index contributed by atoms with van der Waals surface area (Å²) in [6, 6.07) is 0. The van der Waals surface area contributed by atoms with Crippen LogP contribution in [0.25, 0.3) is 0 Å². The summed E-state index contributed by atoms with van der Waals surface area (Å²) in [5.74, 6) is -0.0597. The van der Waals surface area contributed by atoms with Gasteiger partial charge < -0.3 is 23.7 Å². The molecule has 3 aliphatic heterocycles. The summed E-state index contributed by atoms with van der Waals surface area (Å²) in [4.78, 5) is 12.3. The van der Waals surface area contributed by atoms with Crippen molar-refractivity contribution in [3.63, 3.8) is 0 Å². The number of rotatable bonds is 10. The lowest BCUT2D eigenvalue weighted by Crippen LogP contribution is -2.36. The molecule has 31 heavy (non-hydrogen) atoms. The lowest BCUT2D eigenvalue weighted by Gasteiger charge is -2.30. The summed E-state index contributed by atoms with van der Waals surface area (Å²) in [6.07, 6.45) is 17.0. The molecule has 6 heteroatoms. The summed E-state index contributed by atoms with van der Waals surface area (Å²) in [7, 11) is 0. The van der Waals surface area contributed by atoms with Gasteiger partial charge in [-0.05, 0) is 63.9 Å². The van der Waals surface area contributed by atoms with Crippen LogP contribution < -0.4 is 0 Å². The fourth-order valence-electron chi connectivity index (χ4n) is 5.44. The van der Waals surface area contributed by atoms with Gasteiger partial charge in [0.15, 0.2) is 12.6 Å². The summed E-state index contributed by atoms with van der Waals surface area (Å²) >= 11 is 0. The van der Waals surface area contributed by atoms with E-state index in [0.717, 1.165) is 77.4 Å². The Morgan fingerprint density at radius 1 is 1.06 bits per heavy atom.